The van der Waals surface area contributed by atoms with E-state index in [4.69, 9.17) is 4.52 Å². The Labute approximate surface area is 59.0 Å². The summed E-state index contributed by atoms with van der Waals surface area (Å²) in [6, 6.07) is 0. The van der Waals surface area contributed by atoms with Gasteiger partial charge in [-0.15, -0.1) is 0 Å². The van der Waals surface area contributed by atoms with E-state index in [-0.39, 0.29) is 0 Å². The number of hydrogen-bond acceptors (Lipinski definition) is 4. The summed E-state index contributed by atoms with van der Waals surface area (Å²) in [5, 5.41) is 3.61. The summed E-state index contributed by atoms with van der Waals surface area (Å²) in [5.41, 5.74) is 0. The molecule has 0 N–H and O–H groups in total. The lowest BCUT2D eigenvalue weighted by Gasteiger charge is -1.80. The summed E-state index contributed by atoms with van der Waals surface area (Å²) in [6.45, 7) is 4.11. The molecule has 10 heavy (non-hydrogen) atoms. The van der Waals surface area contributed by atoms with Crippen LogP contribution in [0.25, 0.3) is 0 Å². The topological polar surface area (TPSA) is 51.3 Å². The van der Waals surface area contributed by atoms with Gasteiger partial charge in [0.2, 0.25) is 5.89 Å². The Kier molecular flexibility index (Phi) is 2.15. The first-order chi connectivity index (χ1) is 4.83. The van der Waals surface area contributed by atoms with Gasteiger partial charge in [-0.3, -0.25) is 4.99 Å². The maximum Gasteiger partial charge on any atom is 0.248 e. The first kappa shape index (κ1) is 6.92. The third-order valence-corrected chi connectivity index (χ3v) is 0.979. The normalized spacial score (nSPS) is 11.0. The zero-order valence-corrected chi connectivity index (χ0v) is 6.03. The van der Waals surface area contributed by atoms with Crippen LogP contribution in [0, 0.1) is 6.92 Å². The fourth-order valence-electron chi connectivity index (χ4n) is 0.574. The van der Waals surface area contributed by atoms with Crippen molar-refractivity contribution in [2.24, 2.45) is 4.99 Å². The second kappa shape index (κ2) is 3.10. The molecule has 0 radical (unpaired) electrons. The van der Waals surface area contributed by atoms with Crippen LogP contribution in [0.3, 0.4) is 0 Å². The van der Waals surface area contributed by atoms with E-state index in [2.05, 4.69) is 15.1 Å². The Morgan fingerprint density at radius 2 is 2.50 bits per heavy atom. The SMILES string of the molecule is C/C=N\Cc1nc(C)no1. The summed E-state index contributed by atoms with van der Waals surface area (Å²) < 4.78 is 4.79. The maximum absolute atomic E-state index is 4.79. The molecule has 0 aliphatic heterocycles. The molecule has 0 aromatic carbocycles. The van der Waals surface area contributed by atoms with Crippen LogP contribution < -0.4 is 0 Å². The van der Waals surface area contributed by atoms with Crippen LogP contribution in [0.4, 0.5) is 0 Å². The molecule has 1 rings (SSSR count). The highest BCUT2D eigenvalue weighted by Gasteiger charge is 1.97. The van der Waals surface area contributed by atoms with Crippen molar-refractivity contribution in [1.82, 2.24) is 10.1 Å². The summed E-state index contributed by atoms with van der Waals surface area (Å²) in [7, 11) is 0. The van der Waals surface area contributed by atoms with Crippen LogP contribution >= 0.6 is 0 Å². The van der Waals surface area contributed by atoms with Crippen LogP contribution in [0.15, 0.2) is 9.52 Å². The Morgan fingerprint density at radius 1 is 1.70 bits per heavy atom. The van der Waals surface area contributed by atoms with E-state index in [0.717, 1.165) is 0 Å². The largest absolute Gasteiger partial charge is 0.337 e. The average molecular weight is 139 g/mol. The summed E-state index contributed by atoms with van der Waals surface area (Å²) in [6.07, 6.45) is 1.71. The Balaban J connectivity index is 2.58. The minimum Gasteiger partial charge on any atom is -0.337 e. The Morgan fingerprint density at radius 3 is 3.00 bits per heavy atom. The number of hydrogen-bond donors (Lipinski definition) is 0. The third kappa shape index (κ3) is 1.65. The van der Waals surface area contributed by atoms with Gasteiger partial charge in [-0.2, -0.15) is 4.98 Å². The van der Waals surface area contributed by atoms with Crippen molar-refractivity contribution >= 4 is 6.21 Å². The first-order valence-corrected chi connectivity index (χ1v) is 3.06. The second-order valence-corrected chi connectivity index (χ2v) is 1.83. The molecule has 0 saturated heterocycles. The van der Waals surface area contributed by atoms with Crippen LogP contribution in [-0.2, 0) is 6.54 Å². The van der Waals surface area contributed by atoms with E-state index in [1.54, 1.807) is 13.1 Å². The average Bonchev–Trinajstić information content (AvgIpc) is 2.31. The molecule has 0 fully saturated rings. The molecule has 0 spiro atoms. The highest BCUT2D eigenvalue weighted by atomic mass is 16.5. The molecule has 1 aromatic heterocycles. The van der Waals surface area contributed by atoms with E-state index in [1.165, 1.54) is 0 Å². The van der Waals surface area contributed by atoms with E-state index in [9.17, 15) is 0 Å². The molecule has 4 nitrogen and oxygen atoms in total. The van der Waals surface area contributed by atoms with Crippen LogP contribution in [0.1, 0.15) is 18.6 Å². The third-order valence-electron chi connectivity index (χ3n) is 0.979. The number of aromatic nitrogens is 2. The highest BCUT2D eigenvalue weighted by Crippen LogP contribution is 1.96. The van der Waals surface area contributed by atoms with Gasteiger partial charge in [0.15, 0.2) is 5.82 Å². The van der Waals surface area contributed by atoms with Crippen molar-refractivity contribution in [2.75, 3.05) is 0 Å². The zero-order chi connectivity index (χ0) is 7.40. The highest BCUT2D eigenvalue weighted by molar-refractivity contribution is 5.53. The molecule has 0 amide bonds. The lowest BCUT2D eigenvalue weighted by molar-refractivity contribution is 0.377. The smallest absolute Gasteiger partial charge is 0.248 e. The molecule has 1 heterocycles. The van der Waals surface area contributed by atoms with Crippen LogP contribution in [0.2, 0.25) is 0 Å². The number of aryl methyl sites for hydroxylation is 1. The quantitative estimate of drug-likeness (QED) is 0.573. The van der Waals surface area contributed by atoms with Crippen molar-refractivity contribution in [3.05, 3.63) is 11.7 Å². The van der Waals surface area contributed by atoms with Crippen LogP contribution in [-0.4, -0.2) is 16.4 Å². The predicted octanol–water partition coefficient (Wildman–Crippen LogP) is 0.969. The minimum atomic E-state index is 0.483. The monoisotopic (exact) mass is 139 g/mol. The molecular weight excluding hydrogens is 130 g/mol. The Hall–Kier alpha value is -1.19. The van der Waals surface area contributed by atoms with Gasteiger partial charge < -0.3 is 4.52 Å². The van der Waals surface area contributed by atoms with Gasteiger partial charge in [-0.25, -0.2) is 0 Å². The number of nitrogens with zero attached hydrogens (tertiary/aromatic N) is 3. The van der Waals surface area contributed by atoms with Gasteiger partial charge in [0.25, 0.3) is 0 Å². The van der Waals surface area contributed by atoms with Crippen molar-refractivity contribution < 1.29 is 4.52 Å². The van der Waals surface area contributed by atoms with Crippen molar-refractivity contribution in [2.45, 2.75) is 20.4 Å². The van der Waals surface area contributed by atoms with Gasteiger partial charge in [0.1, 0.15) is 6.54 Å². The predicted molar refractivity (Wildman–Crippen MR) is 36.9 cm³/mol. The van der Waals surface area contributed by atoms with Crippen molar-refractivity contribution in [3.8, 4) is 0 Å². The van der Waals surface area contributed by atoms with E-state index in [1.807, 2.05) is 6.92 Å². The molecule has 0 atom stereocenters. The number of aliphatic imine (C=N–C) groups is 1. The first-order valence-electron chi connectivity index (χ1n) is 3.06. The molecule has 1 aromatic rings. The molecule has 0 bridgehead atoms. The van der Waals surface area contributed by atoms with E-state index < -0.39 is 0 Å². The fraction of sp³-hybridized carbons (Fsp3) is 0.500. The fourth-order valence-corrected chi connectivity index (χ4v) is 0.574. The Bertz CT molecular complexity index is 229. The molecule has 4 heteroatoms. The zero-order valence-electron chi connectivity index (χ0n) is 6.03. The molecular formula is C6H9N3O. The van der Waals surface area contributed by atoms with Gasteiger partial charge in [0.05, 0.1) is 0 Å². The van der Waals surface area contributed by atoms with Gasteiger partial charge >= 0.3 is 0 Å². The minimum absolute atomic E-state index is 0.483. The summed E-state index contributed by atoms with van der Waals surface area (Å²) in [4.78, 5) is 7.89. The van der Waals surface area contributed by atoms with Crippen molar-refractivity contribution in [1.29, 1.82) is 0 Å². The molecule has 54 valence electrons. The van der Waals surface area contributed by atoms with E-state index in [0.29, 0.717) is 18.3 Å². The molecule has 0 saturated carbocycles. The standard InChI is InChI=1S/C6H9N3O/c1-3-7-4-6-8-5(2)9-10-6/h3H,4H2,1-2H3/b7-3-. The van der Waals surface area contributed by atoms with E-state index >= 15 is 0 Å². The van der Waals surface area contributed by atoms with Gasteiger partial charge in [0, 0.05) is 0 Å². The van der Waals surface area contributed by atoms with Crippen LogP contribution in [0.5, 0.6) is 0 Å². The van der Waals surface area contributed by atoms with Gasteiger partial charge in [-0.1, -0.05) is 5.16 Å². The van der Waals surface area contributed by atoms with Gasteiger partial charge in [-0.05, 0) is 20.1 Å². The summed E-state index contributed by atoms with van der Waals surface area (Å²) in [5.74, 6) is 1.22. The molecule has 0 aliphatic rings. The molecule has 0 aliphatic carbocycles. The summed E-state index contributed by atoms with van der Waals surface area (Å²) >= 11 is 0. The lowest BCUT2D eigenvalue weighted by atomic mass is 10.6. The lowest BCUT2D eigenvalue weighted by Crippen LogP contribution is -1.80. The number of rotatable bonds is 2. The maximum atomic E-state index is 4.79. The second-order valence-electron chi connectivity index (χ2n) is 1.83. The molecule has 0 unspecified atom stereocenters. The van der Waals surface area contributed by atoms with Crippen molar-refractivity contribution in [3.63, 3.8) is 0 Å².